The second-order valence-corrected chi connectivity index (χ2v) is 11.2. The Hall–Kier alpha value is -2.33. The van der Waals surface area contributed by atoms with E-state index in [0.29, 0.717) is 6.42 Å². The fraction of sp³-hybridized carbons (Fsp3) is 0.606. The minimum Gasteiger partial charge on any atom is -0.455 e. The fourth-order valence-corrected chi connectivity index (χ4v) is 4.78. The van der Waals surface area contributed by atoms with Crippen molar-refractivity contribution in [3.05, 3.63) is 65.7 Å². The quantitative estimate of drug-likeness (QED) is 0.0775. The van der Waals surface area contributed by atoms with Crippen LogP contribution in [-0.4, -0.2) is 37.4 Å². The second kappa shape index (κ2) is 18.0. The Morgan fingerprint density at radius 1 is 0.784 bits per heavy atom. The van der Waals surface area contributed by atoms with E-state index in [2.05, 4.69) is 57.4 Å². The molecule has 0 aromatic heterocycles. The van der Waals surface area contributed by atoms with Crippen LogP contribution in [0.3, 0.4) is 0 Å². The van der Waals surface area contributed by atoms with E-state index in [1.807, 2.05) is 18.2 Å². The van der Waals surface area contributed by atoms with E-state index in [9.17, 15) is 4.79 Å². The SMILES string of the molecule is CCCCCCCCCCCCCc1cccc(OC(C)OC(=O)CC[N+](C)(C)Cc2ccccc2)c1. The summed E-state index contributed by atoms with van der Waals surface area (Å²) in [7, 11) is 4.28. The molecule has 2 aromatic rings. The number of ether oxygens (including phenoxy) is 2. The molecule has 0 amide bonds. The van der Waals surface area contributed by atoms with E-state index < -0.39 is 6.29 Å². The molecule has 0 bridgehead atoms. The highest BCUT2D eigenvalue weighted by Gasteiger charge is 2.20. The molecule has 2 aromatic carbocycles. The van der Waals surface area contributed by atoms with Crippen molar-refractivity contribution in [1.29, 1.82) is 0 Å². The summed E-state index contributed by atoms with van der Waals surface area (Å²) in [4.78, 5) is 12.4. The molecule has 0 aliphatic heterocycles. The molecule has 2 rings (SSSR count). The summed E-state index contributed by atoms with van der Waals surface area (Å²) in [6.07, 6.45) is 15.8. The minimum atomic E-state index is -0.602. The molecule has 0 saturated heterocycles. The van der Waals surface area contributed by atoms with Crippen LogP contribution in [0.4, 0.5) is 0 Å². The number of esters is 1. The number of unbranched alkanes of at least 4 members (excludes halogenated alkanes) is 10. The smallest absolute Gasteiger partial charge is 0.314 e. The van der Waals surface area contributed by atoms with Gasteiger partial charge in [-0.05, 0) is 30.5 Å². The molecule has 0 fully saturated rings. The van der Waals surface area contributed by atoms with Crippen LogP contribution in [0.15, 0.2) is 54.6 Å². The van der Waals surface area contributed by atoms with Crippen molar-refractivity contribution in [2.45, 2.75) is 110 Å². The van der Waals surface area contributed by atoms with Gasteiger partial charge in [0, 0.05) is 12.5 Å². The molecule has 4 heteroatoms. The predicted molar refractivity (Wildman–Crippen MR) is 155 cm³/mol. The molecule has 0 saturated carbocycles. The number of hydrogen-bond donors (Lipinski definition) is 0. The van der Waals surface area contributed by atoms with Crippen LogP contribution in [0.25, 0.3) is 0 Å². The van der Waals surface area contributed by atoms with Gasteiger partial charge >= 0.3 is 5.97 Å². The number of rotatable bonds is 20. The van der Waals surface area contributed by atoms with Crippen molar-refractivity contribution in [3.63, 3.8) is 0 Å². The molecule has 206 valence electrons. The molecule has 0 radical (unpaired) electrons. The van der Waals surface area contributed by atoms with E-state index in [4.69, 9.17) is 9.47 Å². The van der Waals surface area contributed by atoms with Gasteiger partial charge in [-0.3, -0.25) is 4.79 Å². The summed E-state index contributed by atoms with van der Waals surface area (Å²) in [5, 5.41) is 0. The van der Waals surface area contributed by atoms with Gasteiger partial charge in [0.15, 0.2) is 0 Å². The molecule has 0 spiro atoms. The average molecular weight is 511 g/mol. The molecular weight excluding hydrogens is 458 g/mol. The molecule has 0 heterocycles. The number of quaternary nitrogens is 1. The van der Waals surface area contributed by atoms with Crippen LogP contribution in [0, 0.1) is 0 Å². The van der Waals surface area contributed by atoms with Crippen molar-refractivity contribution >= 4 is 5.97 Å². The van der Waals surface area contributed by atoms with E-state index in [0.717, 1.165) is 29.7 Å². The van der Waals surface area contributed by atoms with Crippen LogP contribution in [0.2, 0.25) is 0 Å². The van der Waals surface area contributed by atoms with Crippen LogP contribution in [0.5, 0.6) is 5.75 Å². The monoisotopic (exact) mass is 510 g/mol. The predicted octanol–water partition coefficient (Wildman–Crippen LogP) is 8.47. The van der Waals surface area contributed by atoms with Crippen molar-refractivity contribution in [2.24, 2.45) is 0 Å². The maximum atomic E-state index is 12.4. The van der Waals surface area contributed by atoms with Gasteiger partial charge in [-0.1, -0.05) is 114 Å². The molecule has 0 aliphatic carbocycles. The largest absolute Gasteiger partial charge is 0.455 e. The maximum absolute atomic E-state index is 12.4. The molecule has 0 N–H and O–H groups in total. The van der Waals surface area contributed by atoms with E-state index in [1.165, 1.54) is 81.8 Å². The zero-order valence-corrected chi connectivity index (χ0v) is 24.1. The molecule has 4 nitrogen and oxygen atoms in total. The third kappa shape index (κ3) is 14.9. The summed E-state index contributed by atoms with van der Waals surface area (Å²) in [6, 6.07) is 18.6. The van der Waals surface area contributed by atoms with Gasteiger partial charge in [-0.2, -0.15) is 0 Å². The lowest BCUT2D eigenvalue weighted by molar-refractivity contribution is -0.903. The van der Waals surface area contributed by atoms with Gasteiger partial charge in [0.25, 0.3) is 0 Å². The highest BCUT2D eigenvalue weighted by molar-refractivity contribution is 5.69. The first-order valence-electron chi connectivity index (χ1n) is 14.7. The number of nitrogens with zero attached hydrogens (tertiary/aromatic N) is 1. The Kier molecular flexibility index (Phi) is 15.0. The topological polar surface area (TPSA) is 35.5 Å². The zero-order valence-electron chi connectivity index (χ0n) is 24.1. The maximum Gasteiger partial charge on any atom is 0.314 e. The number of carbonyl (C=O) groups is 1. The van der Waals surface area contributed by atoms with Crippen LogP contribution in [0.1, 0.15) is 102 Å². The van der Waals surface area contributed by atoms with Crippen molar-refractivity contribution in [1.82, 2.24) is 0 Å². The van der Waals surface area contributed by atoms with Gasteiger partial charge in [0.1, 0.15) is 12.3 Å². The van der Waals surface area contributed by atoms with E-state index in [-0.39, 0.29) is 5.97 Å². The molecule has 0 aliphatic rings. The van der Waals surface area contributed by atoms with Gasteiger partial charge in [0.2, 0.25) is 6.29 Å². The van der Waals surface area contributed by atoms with Gasteiger partial charge in [0.05, 0.1) is 27.1 Å². The normalized spacial score (nSPS) is 12.3. The second-order valence-electron chi connectivity index (χ2n) is 11.2. The third-order valence-electron chi connectivity index (χ3n) is 6.94. The van der Waals surface area contributed by atoms with Crippen LogP contribution in [-0.2, 0) is 22.5 Å². The first-order valence-corrected chi connectivity index (χ1v) is 14.7. The number of carbonyl (C=O) groups excluding carboxylic acids is 1. The number of benzene rings is 2. The summed E-state index contributed by atoms with van der Waals surface area (Å²) in [6.45, 7) is 5.66. The number of hydrogen-bond acceptors (Lipinski definition) is 3. The summed E-state index contributed by atoms with van der Waals surface area (Å²) < 4.78 is 12.2. The highest BCUT2D eigenvalue weighted by Crippen LogP contribution is 2.19. The Balaban J connectivity index is 1.60. The average Bonchev–Trinajstić information content (AvgIpc) is 2.87. The molecule has 1 unspecified atom stereocenters. The van der Waals surface area contributed by atoms with Crippen molar-refractivity contribution < 1.29 is 18.8 Å². The minimum absolute atomic E-state index is 0.219. The van der Waals surface area contributed by atoms with Crippen molar-refractivity contribution in [3.8, 4) is 5.75 Å². The fourth-order valence-electron chi connectivity index (χ4n) is 4.78. The van der Waals surface area contributed by atoms with E-state index >= 15 is 0 Å². The summed E-state index contributed by atoms with van der Waals surface area (Å²) in [5.74, 6) is 0.546. The Morgan fingerprint density at radius 2 is 1.38 bits per heavy atom. The van der Waals surface area contributed by atoms with Crippen LogP contribution >= 0.6 is 0 Å². The van der Waals surface area contributed by atoms with Crippen molar-refractivity contribution in [2.75, 3.05) is 20.6 Å². The Bertz CT molecular complexity index is 865. The standard InChI is InChI=1S/C33H52NO3/c1-5-6-7-8-9-10-11-12-13-14-16-20-30-23-19-24-32(27-30)36-29(2)37-33(35)25-26-34(3,4)28-31-21-17-15-18-22-31/h15,17-19,21-24,27,29H,5-14,16,20,25-26,28H2,1-4H3/q+1. The summed E-state index contributed by atoms with van der Waals surface area (Å²) in [5.41, 5.74) is 2.55. The van der Waals surface area contributed by atoms with E-state index in [1.54, 1.807) is 6.92 Å². The van der Waals surface area contributed by atoms with Crippen LogP contribution < -0.4 is 4.74 Å². The zero-order chi connectivity index (χ0) is 26.8. The lowest BCUT2D eigenvalue weighted by Crippen LogP contribution is -2.40. The first kappa shape index (κ1) is 30.9. The molecule has 37 heavy (non-hydrogen) atoms. The third-order valence-corrected chi connectivity index (χ3v) is 6.94. The van der Waals surface area contributed by atoms with Gasteiger partial charge in [-0.25, -0.2) is 0 Å². The first-order chi connectivity index (χ1) is 17.9. The lowest BCUT2D eigenvalue weighted by Gasteiger charge is -2.29. The van der Waals surface area contributed by atoms with Gasteiger partial charge in [-0.15, -0.1) is 0 Å². The molecular formula is C33H52NO3+. The Labute approximate surface area is 227 Å². The lowest BCUT2D eigenvalue weighted by atomic mass is 10.0. The van der Waals surface area contributed by atoms with Gasteiger partial charge < -0.3 is 14.0 Å². The number of aryl methyl sites for hydroxylation is 1. The molecule has 1 atom stereocenters. The highest BCUT2D eigenvalue weighted by atomic mass is 16.7. The summed E-state index contributed by atoms with van der Waals surface area (Å²) >= 11 is 0. The Morgan fingerprint density at radius 3 is 2.03 bits per heavy atom.